The first kappa shape index (κ1) is 17.9. The Bertz CT molecular complexity index is 857. The molecule has 0 aliphatic carbocycles. The number of aryl methyl sites for hydroxylation is 1. The van der Waals surface area contributed by atoms with Crippen LogP contribution in [-0.2, 0) is 6.54 Å². The number of fused-ring (bicyclic) bond motifs is 2. The van der Waals surface area contributed by atoms with E-state index in [2.05, 4.69) is 46.3 Å². The summed E-state index contributed by atoms with van der Waals surface area (Å²) in [6.45, 7) is 2.83. The summed E-state index contributed by atoms with van der Waals surface area (Å²) in [6.07, 6.45) is 7.07. The van der Waals surface area contributed by atoms with E-state index in [1.54, 1.807) is 6.20 Å². The number of nitrogens with zero attached hydrogens (tertiary/aromatic N) is 3. The maximum absolute atomic E-state index is 13.1. The number of carbonyl (C=O) groups is 1. The van der Waals surface area contributed by atoms with Gasteiger partial charge in [0.05, 0.1) is 0 Å². The first-order valence-corrected chi connectivity index (χ1v) is 9.86. The van der Waals surface area contributed by atoms with Gasteiger partial charge in [-0.05, 0) is 49.8 Å². The molecule has 0 saturated carbocycles. The monoisotopic (exact) mass is 359 g/mol. The zero-order chi connectivity index (χ0) is 18.8. The number of hydrogen-bond donors (Lipinski definition) is 0. The normalized spacial score (nSPS) is 25.0. The lowest BCUT2D eigenvalue weighted by Crippen LogP contribution is -2.52. The lowest BCUT2D eigenvalue weighted by molar-refractivity contribution is 0.00905. The Hall–Kier alpha value is -2.51. The number of hydrogen-bond acceptors (Lipinski definition) is 4. The summed E-state index contributed by atoms with van der Waals surface area (Å²) >= 11 is 0. The van der Waals surface area contributed by atoms with Gasteiger partial charge in [0.25, 0.3) is 0 Å². The average molecular weight is 359 g/mol. The maximum atomic E-state index is 13.1. The fourth-order valence-electron chi connectivity index (χ4n) is 4.81. The minimum absolute atomic E-state index is 0.0708. The van der Waals surface area contributed by atoms with E-state index in [1.165, 1.54) is 24.8 Å². The zero-order valence-corrected chi connectivity index (χ0v) is 15.8. The summed E-state index contributed by atoms with van der Waals surface area (Å²) < 4.78 is 0. The number of benzene rings is 1. The first-order chi connectivity index (χ1) is 13.2. The molecular formula is C23H25N3O. The van der Waals surface area contributed by atoms with E-state index in [0.29, 0.717) is 23.3 Å². The predicted molar refractivity (Wildman–Crippen MR) is 104 cm³/mol. The van der Waals surface area contributed by atoms with Crippen molar-refractivity contribution in [2.75, 3.05) is 0 Å². The lowest BCUT2D eigenvalue weighted by atomic mass is 9.75. The Kier molecular flexibility index (Phi) is 5.05. The summed E-state index contributed by atoms with van der Waals surface area (Å²) in [7, 11) is 0. The highest BCUT2D eigenvalue weighted by Gasteiger charge is 2.40. The molecule has 27 heavy (non-hydrogen) atoms. The van der Waals surface area contributed by atoms with Crippen molar-refractivity contribution in [3.63, 3.8) is 0 Å². The Morgan fingerprint density at radius 1 is 1.22 bits per heavy atom. The van der Waals surface area contributed by atoms with E-state index in [4.69, 9.17) is 5.26 Å². The molecule has 2 unspecified atom stereocenters. The highest BCUT2D eigenvalue weighted by atomic mass is 16.1. The molecule has 0 spiro atoms. The molecule has 0 amide bonds. The van der Waals surface area contributed by atoms with Gasteiger partial charge in [-0.25, -0.2) is 4.98 Å². The minimum Gasteiger partial charge on any atom is -0.294 e. The standard InChI is InChI=1S/C23H25N3O/c1-16-10-19(14-25-22(16)13-24)23(27)18-11-20-8-5-9-21(12-18)26(20)15-17-6-3-2-4-7-17/h2-4,6-7,10,14,18,20-21H,5,8-9,11-12,15H2,1H3. The number of piperidine rings is 2. The van der Waals surface area contributed by atoms with Crippen LogP contribution >= 0.6 is 0 Å². The van der Waals surface area contributed by atoms with Gasteiger partial charge >= 0.3 is 0 Å². The van der Waals surface area contributed by atoms with Crippen molar-refractivity contribution in [3.05, 3.63) is 65.0 Å². The summed E-state index contributed by atoms with van der Waals surface area (Å²) in [6, 6.07) is 15.5. The summed E-state index contributed by atoms with van der Waals surface area (Å²) in [5.74, 6) is 0.271. The van der Waals surface area contributed by atoms with E-state index in [-0.39, 0.29) is 11.7 Å². The lowest BCUT2D eigenvalue weighted by Gasteiger charge is -2.48. The molecule has 2 aliphatic heterocycles. The molecule has 1 aromatic carbocycles. The number of pyridine rings is 1. The third-order valence-electron chi connectivity index (χ3n) is 6.17. The van der Waals surface area contributed by atoms with Gasteiger partial charge in [-0.2, -0.15) is 5.26 Å². The number of rotatable bonds is 4. The molecule has 4 rings (SSSR count). The molecule has 2 aliphatic rings. The largest absolute Gasteiger partial charge is 0.294 e. The summed E-state index contributed by atoms with van der Waals surface area (Å²) in [5, 5.41) is 9.05. The topological polar surface area (TPSA) is 57.0 Å². The van der Waals surface area contributed by atoms with Gasteiger partial charge in [0.1, 0.15) is 11.8 Å². The van der Waals surface area contributed by atoms with Crippen LogP contribution in [0.1, 0.15) is 59.3 Å². The molecular weight excluding hydrogens is 334 g/mol. The highest BCUT2D eigenvalue weighted by molar-refractivity contribution is 5.98. The van der Waals surface area contributed by atoms with E-state index in [1.807, 2.05) is 13.0 Å². The second-order valence-corrected chi connectivity index (χ2v) is 7.93. The van der Waals surface area contributed by atoms with Crippen LogP contribution in [0.15, 0.2) is 42.6 Å². The van der Waals surface area contributed by atoms with Gasteiger partial charge in [0.15, 0.2) is 5.78 Å². The number of nitriles is 1. The van der Waals surface area contributed by atoms with Crippen molar-refractivity contribution >= 4 is 5.78 Å². The second kappa shape index (κ2) is 7.62. The van der Waals surface area contributed by atoms with Gasteiger partial charge in [-0.1, -0.05) is 36.8 Å². The summed E-state index contributed by atoms with van der Waals surface area (Å²) in [5.41, 5.74) is 3.20. The van der Waals surface area contributed by atoms with Crippen LogP contribution in [0.25, 0.3) is 0 Å². The molecule has 2 atom stereocenters. The number of Topliss-reactive ketones (excluding diaryl/α,β-unsaturated/α-hetero) is 1. The highest BCUT2D eigenvalue weighted by Crippen LogP contribution is 2.39. The summed E-state index contributed by atoms with van der Waals surface area (Å²) in [4.78, 5) is 19.9. The van der Waals surface area contributed by atoms with E-state index in [9.17, 15) is 4.79 Å². The molecule has 3 heterocycles. The van der Waals surface area contributed by atoms with Crippen molar-refractivity contribution in [2.24, 2.45) is 5.92 Å². The molecule has 0 N–H and O–H groups in total. The third kappa shape index (κ3) is 3.65. The minimum atomic E-state index is 0.0708. The van der Waals surface area contributed by atoms with E-state index in [0.717, 1.165) is 24.9 Å². The average Bonchev–Trinajstić information content (AvgIpc) is 2.68. The van der Waals surface area contributed by atoms with Crippen LogP contribution in [0.4, 0.5) is 0 Å². The molecule has 4 nitrogen and oxygen atoms in total. The zero-order valence-electron chi connectivity index (χ0n) is 15.8. The molecule has 2 fully saturated rings. The van der Waals surface area contributed by atoms with Gasteiger partial charge < -0.3 is 0 Å². The van der Waals surface area contributed by atoms with Crippen molar-refractivity contribution < 1.29 is 4.79 Å². The molecule has 1 aromatic heterocycles. The fourth-order valence-corrected chi connectivity index (χ4v) is 4.81. The SMILES string of the molecule is Cc1cc(C(=O)C2CC3CCCC(C2)N3Cc2ccccc2)cnc1C#N. The smallest absolute Gasteiger partial charge is 0.167 e. The number of carbonyl (C=O) groups excluding carboxylic acids is 1. The Morgan fingerprint density at radius 2 is 1.93 bits per heavy atom. The van der Waals surface area contributed by atoms with Gasteiger partial charge in [-0.15, -0.1) is 0 Å². The van der Waals surface area contributed by atoms with Crippen molar-refractivity contribution in [2.45, 2.75) is 57.7 Å². The third-order valence-corrected chi connectivity index (χ3v) is 6.17. The Morgan fingerprint density at radius 3 is 2.56 bits per heavy atom. The van der Waals surface area contributed by atoms with Crippen LogP contribution in [0.5, 0.6) is 0 Å². The van der Waals surface area contributed by atoms with Crippen LogP contribution in [0.2, 0.25) is 0 Å². The van der Waals surface area contributed by atoms with Gasteiger partial charge in [-0.3, -0.25) is 9.69 Å². The molecule has 138 valence electrons. The Balaban J connectivity index is 1.50. The van der Waals surface area contributed by atoms with Crippen LogP contribution in [-0.4, -0.2) is 27.8 Å². The van der Waals surface area contributed by atoms with Crippen LogP contribution < -0.4 is 0 Å². The molecule has 0 radical (unpaired) electrons. The number of ketones is 1. The molecule has 2 bridgehead atoms. The van der Waals surface area contributed by atoms with E-state index < -0.39 is 0 Å². The second-order valence-electron chi connectivity index (χ2n) is 7.93. The quantitative estimate of drug-likeness (QED) is 0.765. The van der Waals surface area contributed by atoms with Crippen LogP contribution in [0.3, 0.4) is 0 Å². The molecule has 2 saturated heterocycles. The first-order valence-electron chi connectivity index (χ1n) is 9.86. The van der Waals surface area contributed by atoms with Crippen molar-refractivity contribution in [1.29, 1.82) is 5.26 Å². The van der Waals surface area contributed by atoms with E-state index >= 15 is 0 Å². The Labute approximate surface area is 160 Å². The van der Waals surface area contributed by atoms with Crippen LogP contribution in [0, 0.1) is 24.2 Å². The predicted octanol–water partition coefficient (Wildman–Crippen LogP) is 4.28. The van der Waals surface area contributed by atoms with Gasteiger partial charge in [0, 0.05) is 36.3 Å². The molecule has 2 aromatic rings. The molecule has 4 heteroatoms. The fraction of sp³-hybridized carbons (Fsp3) is 0.435. The van der Waals surface area contributed by atoms with Gasteiger partial charge in [0.2, 0.25) is 0 Å². The van der Waals surface area contributed by atoms with Crippen molar-refractivity contribution in [3.8, 4) is 6.07 Å². The van der Waals surface area contributed by atoms with Crippen molar-refractivity contribution in [1.82, 2.24) is 9.88 Å². The number of aromatic nitrogens is 1. The maximum Gasteiger partial charge on any atom is 0.167 e.